The van der Waals surface area contributed by atoms with E-state index in [1.165, 1.54) is 0 Å². The van der Waals surface area contributed by atoms with Crippen LogP contribution in [0.4, 0.5) is 0 Å². The minimum atomic E-state index is -0.422. The first-order valence-corrected chi connectivity index (χ1v) is 5.83. The van der Waals surface area contributed by atoms with Gasteiger partial charge in [0.2, 0.25) is 0 Å². The zero-order valence-electron chi connectivity index (χ0n) is 11.0. The molecular weight excluding hydrogens is 206 g/mol. The normalized spacial score (nSPS) is 13.9. The van der Waals surface area contributed by atoms with Gasteiger partial charge in [-0.3, -0.25) is 4.79 Å². The Bertz CT molecular complexity index is 209. The van der Waals surface area contributed by atoms with Gasteiger partial charge >= 0.3 is 5.97 Å². The molecule has 4 nitrogen and oxygen atoms in total. The molecule has 0 amide bonds. The first-order chi connectivity index (χ1) is 7.22. The van der Waals surface area contributed by atoms with E-state index in [9.17, 15) is 9.90 Å². The second kappa shape index (κ2) is 6.86. The van der Waals surface area contributed by atoms with Gasteiger partial charge in [0.15, 0.2) is 0 Å². The summed E-state index contributed by atoms with van der Waals surface area (Å²) < 4.78 is 5.15. The molecule has 0 spiro atoms. The fourth-order valence-electron chi connectivity index (χ4n) is 1.07. The van der Waals surface area contributed by atoms with Crippen LogP contribution in [0.25, 0.3) is 0 Å². The number of hydrogen-bond acceptors (Lipinski definition) is 4. The molecule has 96 valence electrons. The SMILES string of the molecule is CC(C)C(O)CNCCC(=O)OC(C)(C)C. The third kappa shape index (κ3) is 8.68. The Morgan fingerprint density at radius 2 is 1.94 bits per heavy atom. The molecule has 0 aliphatic carbocycles. The number of ether oxygens (including phenoxy) is 1. The summed E-state index contributed by atoms with van der Waals surface area (Å²) in [5.74, 6) is 0.0214. The number of aliphatic hydroxyl groups excluding tert-OH is 1. The topological polar surface area (TPSA) is 58.6 Å². The van der Waals surface area contributed by atoms with E-state index >= 15 is 0 Å². The molecule has 0 saturated carbocycles. The van der Waals surface area contributed by atoms with Crippen LogP contribution in [0, 0.1) is 5.92 Å². The molecular formula is C12H25NO3. The fraction of sp³-hybridized carbons (Fsp3) is 0.917. The molecule has 4 heteroatoms. The van der Waals surface area contributed by atoms with E-state index in [1.54, 1.807) is 0 Å². The second-order valence-corrected chi connectivity index (χ2v) is 5.35. The highest BCUT2D eigenvalue weighted by molar-refractivity contribution is 5.70. The van der Waals surface area contributed by atoms with E-state index in [4.69, 9.17) is 4.74 Å². The van der Waals surface area contributed by atoms with Crippen LogP contribution in [0.3, 0.4) is 0 Å². The molecule has 2 N–H and O–H groups in total. The summed E-state index contributed by atoms with van der Waals surface area (Å²) in [6, 6.07) is 0. The van der Waals surface area contributed by atoms with Gasteiger partial charge in [-0.2, -0.15) is 0 Å². The Balaban J connectivity index is 3.56. The van der Waals surface area contributed by atoms with E-state index in [1.807, 2.05) is 34.6 Å². The molecule has 0 fully saturated rings. The summed E-state index contributed by atoms with van der Waals surface area (Å²) in [6.45, 7) is 10.5. The Labute approximate surface area is 98.4 Å². The number of nitrogens with one attached hydrogen (secondary N) is 1. The average molecular weight is 231 g/mol. The molecule has 0 heterocycles. The standard InChI is InChI=1S/C12H25NO3/c1-9(2)10(14)8-13-7-6-11(15)16-12(3,4)5/h9-10,13-14H,6-8H2,1-5H3. The van der Waals surface area contributed by atoms with Crippen LogP contribution in [-0.4, -0.2) is 35.9 Å². The van der Waals surface area contributed by atoms with Crippen molar-refractivity contribution in [2.45, 2.75) is 52.7 Å². The van der Waals surface area contributed by atoms with Gasteiger partial charge in [-0.05, 0) is 26.7 Å². The Hall–Kier alpha value is -0.610. The van der Waals surface area contributed by atoms with Crippen molar-refractivity contribution in [3.63, 3.8) is 0 Å². The summed E-state index contributed by atoms with van der Waals surface area (Å²) in [4.78, 5) is 11.3. The maximum absolute atomic E-state index is 11.3. The third-order valence-electron chi connectivity index (χ3n) is 2.05. The van der Waals surface area contributed by atoms with Crippen molar-refractivity contribution in [1.29, 1.82) is 0 Å². The summed E-state index contributed by atoms with van der Waals surface area (Å²) in [6.07, 6.45) is -0.0270. The first-order valence-electron chi connectivity index (χ1n) is 5.83. The third-order valence-corrected chi connectivity index (χ3v) is 2.05. The predicted molar refractivity (Wildman–Crippen MR) is 64.2 cm³/mol. The van der Waals surface area contributed by atoms with Crippen molar-refractivity contribution >= 4 is 5.97 Å². The Kier molecular flexibility index (Phi) is 6.60. The van der Waals surface area contributed by atoms with Crippen LogP contribution in [0.15, 0.2) is 0 Å². The van der Waals surface area contributed by atoms with E-state index in [2.05, 4.69) is 5.32 Å². The lowest BCUT2D eigenvalue weighted by Crippen LogP contribution is -2.33. The fourth-order valence-corrected chi connectivity index (χ4v) is 1.07. The summed E-state index contributed by atoms with van der Waals surface area (Å²) >= 11 is 0. The lowest BCUT2D eigenvalue weighted by atomic mass is 10.1. The highest BCUT2D eigenvalue weighted by atomic mass is 16.6. The molecule has 0 aromatic carbocycles. The highest BCUT2D eigenvalue weighted by Gasteiger charge is 2.15. The van der Waals surface area contributed by atoms with Crippen LogP contribution >= 0.6 is 0 Å². The van der Waals surface area contributed by atoms with Gasteiger partial charge in [-0.1, -0.05) is 13.8 Å². The van der Waals surface area contributed by atoms with Crippen LogP contribution in [0.2, 0.25) is 0 Å². The maximum atomic E-state index is 11.3. The zero-order valence-corrected chi connectivity index (χ0v) is 11.0. The molecule has 16 heavy (non-hydrogen) atoms. The molecule has 1 unspecified atom stereocenters. The van der Waals surface area contributed by atoms with Crippen LogP contribution < -0.4 is 5.32 Å². The number of esters is 1. The minimum Gasteiger partial charge on any atom is -0.460 e. The molecule has 0 aromatic rings. The molecule has 0 aliphatic rings. The largest absolute Gasteiger partial charge is 0.460 e. The Morgan fingerprint density at radius 1 is 1.38 bits per heavy atom. The zero-order chi connectivity index (χ0) is 12.8. The van der Waals surface area contributed by atoms with Crippen molar-refractivity contribution in [3.05, 3.63) is 0 Å². The van der Waals surface area contributed by atoms with Crippen LogP contribution in [-0.2, 0) is 9.53 Å². The number of carbonyl (C=O) groups excluding carboxylic acids is 1. The van der Waals surface area contributed by atoms with E-state index < -0.39 is 5.60 Å². The van der Waals surface area contributed by atoms with Crippen molar-refractivity contribution < 1.29 is 14.6 Å². The monoisotopic (exact) mass is 231 g/mol. The lowest BCUT2D eigenvalue weighted by molar-refractivity contribution is -0.154. The number of carbonyl (C=O) groups is 1. The van der Waals surface area contributed by atoms with Crippen molar-refractivity contribution in [2.24, 2.45) is 5.92 Å². The average Bonchev–Trinajstić information content (AvgIpc) is 2.08. The van der Waals surface area contributed by atoms with Gasteiger partial charge in [-0.25, -0.2) is 0 Å². The highest BCUT2D eigenvalue weighted by Crippen LogP contribution is 2.07. The molecule has 0 saturated heterocycles. The van der Waals surface area contributed by atoms with Crippen molar-refractivity contribution in [3.8, 4) is 0 Å². The smallest absolute Gasteiger partial charge is 0.307 e. The number of aliphatic hydroxyl groups is 1. The van der Waals surface area contributed by atoms with Gasteiger partial charge in [0, 0.05) is 13.1 Å². The summed E-state index contributed by atoms with van der Waals surface area (Å²) in [5, 5.41) is 12.5. The lowest BCUT2D eigenvalue weighted by Gasteiger charge is -2.20. The Morgan fingerprint density at radius 3 is 2.38 bits per heavy atom. The van der Waals surface area contributed by atoms with E-state index in [0.717, 1.165) is 0 Å². The van der Waals surface area contributed by atoms with Crippen molar-refractivity contribution in [1.82, 2.24) is 5.32 Å². The van der Waals surface area contributed by atoms with Gasteiger partial charge in [-0.15, -0.1) is 0 Å². The predicted octanol–water partition coefficient (Wildman–Crippen LogP) is 1.32. The summed E-state index contributed by atoms with van der Waals surface area (Å²) in [5.41, 5.74) is -0.422. The van der Waals surface area contributed by atoms with E-state index in [-0.39, 0.29) is 18.0 Å². The minimum absolute atomic E-state index is 0.209. The maximum Gasteiger partial charge on any atom is 0.307 e. The van der Waals surface area contributed by atoms with Crippen LogP contribution in [0.5, 0.6) is 0 Å². The van der Waals surface area contributed by atoms with Gasteiger partial charge < -0.3 is 15.2 Å². The van der Waals surface area contributed by atoms with Gasteiger partial charge in [0.1, 0.15) is 5.60 Å². The van der Waals surface area contributed by atoms with Crippen molar-refractivity contribution in [2.75, 3.05) is 13.1 Å². The number of rotatable bonds is 6. The quantitative estimate of drug-likeness (QED) is 0.535. The summed E-state index contributed by atoms with van der Waals surface area (Å²) in [7, 11) is 0. The number of hydrogen-bond donors (Lipinski definition) is 2. The molecule has 0 aromatic heterocycles. The second-order valence-electron chi connectivity index (χ2n) is 5.35. The molecule has 0 bridgehead atoms. The first kappa shape index (κ1) is 15.4. The molecule has 0 aliphatic heterocycles. The van der Waals surface area contributed by atoms with Gasteiger partial charge in [0.05, 0.1) is 12.5 Å². The van der Waals surface area contributed by atoms with Gasteiger partial charge in [0.25, 0.3) is 0 Å². The molecule has 0 radical (unpaired) electrons. The molecule has 0 rings (SSSR count). The molecule has 1 atom stereocenters. The van der Waals surface area contributed by atoms with Crippen LogP contribution in [0.1, 0.15) is 41.0 Å². The van der Waals surface area contributed by atoms with E-state index in [0.29, 0.717) is 19.5 Å².